The van der Waals surface area contributed by atoms with Crippen molar-refractivity contribution >= 4 is 33.2 Å². The van der Waals surface area contributed by atoms with E-state index in [4.69, 9.17) is 26.9 Å². The van der Waals surface area contributed by atoms with E-state index >= 15 is 0 Å². The second-order valence-corrected chi connectivity index (χ2v) is 4.41. The highest BCUT2D eigenvalue weighted by atomic mass is 79.9. The second kappa shape index (κ2) is 6.90. The summed E-state index contributed by atoms with van der Waals surface area (Å²) in [6, 6.07) is 6.87. The van der Waals surface area contributed by atoms with Crippen molar-refractivity contribution in [3.8, 4) is 17.9 Å². The third-order valence-electron chi connectivity index (χ3n) is 1.91. The third-order valence-corrected chi connectivity index (χ3v) is 2.72. The van der Waals surface area contributed by atoms with Crippen LogP contribution in [0.4, 0.5) is 5.69 Å². The van der Waals surface area contributed by atoms with Crippen LogP contribution >= 0.6 is 27.5 Å². The van der Waals surface area contributed by atoms with Crippen molar-refractivity contribution in [2.24, 2.45) is 0 Å². The lowest BCUT2D eigenvalue weighted by molar-refractivity contribution is 0.340. The van der Waals surface area contributed by atoms with Gasteiger partial charge in [0.1, 0.15) is 17.7 Å². The first-order valence-electron chi connectivity index (χ1n) is 5.01. The van der Waals surface area contributed by atoms with Crippen LogP contribution < -0.4 is 10.1 Å². The Hall–Kier alpha value is -1.69. The van der Waals surface area contributed by atoms with Crippen LogP contribution in [0.1, 0.15) is 6.92 Å². The summed E-state index contributed by atoms with van der Waals surface area (Å²) in [4.78, 5) is 0. The summed E-state index contributed by atoms with van der Waals surface area (Å²) in [5, 5.41) is 20.6. The molecular formula is C12H9BrClN3O. The molecule has 92 valence electrons. The summed E-state index contributed by atoms with van der Waals surface area (Å²) in [6.45, 7) is 2.35. The molecule has 0 amide bonds. The Bertz CT molecular complexity index is 542. The van der Waals surface area contributed by atoms with Gasteiger partial charge in [-0.15, -0.1) is 0 Å². The van der Waals surface area contributed by atoms with Gasteiger partial charge in [-0.2, -0.15) is 10.5 Å². The number of benzene rings is 1. The quantitative estimate of drug-likeness (QED) is 0.853. The number of ether oxygens (including phenoxy) is 1. The Morgan fingerprint density at radius 2 is 2.17 bits per heavy atom. The fourth-order valence-corrected chi connectivity index (χ4v) is 2.12. The number of nitriles is 2. The van der Waals surface area contributed by atoms with Crippen LogP contribution in [0, 0.1) is 22.7 Å². The van der Waals surface area contributed by atoms with Crippen LogP contribution in [0.5, 0.6) is 5.75 Å². The van der Waals surface area contributed by atoms with E-state index in [0.29, 0.717) is 27.5 Å². The van der Waals surface area contributed by atoms with E-state index in [1.807, 2.05) is 6.92 Å². The van der Waals surface area contributed by atoms with Gasteiger partial charge in [0.15, 0.2) is 5.75 Å². The van der Waals surface area contributed by atoms with Crippen molar-refractivity contribution in [3.63, 3.8) is 0 Å². The largest absolute Gasteiger partial charge is 0.491 e. The zero-order valence-electron chi connectivity index (χ0n) is 9.50. The first-order valence-corrected chi connectivity index (χ1v) is 6.18. The number of nitrogens with one attached hydrogen (secondary N) is 1. The monoisotopic (exact) mass is 325 g/mol. The lowest BCUT2D eigenvalue weighted by atomic mass is 10.3. The van der Waals surface area contributed by atoms with Gasteiger partial charge in [0, 0.05) is 11.2 Å². The highest BCUT2D eigenvalue weighted by molar-refractivity contribution is 9.10. The highest BCUT2D eigenvalue weighted by Crippen LogP contribution is 2.36. The molecule has 1 aromatic carbocycles. The Labute approximate surface area is 119 Å². The Morgan fingerprint density at radius 3 is 2.72 bits per heavy atom. The molecule has 0 aliphatic heterocycles. The maximum atomic E-state index is 8.64. The molecule has 0 aliphatic rings. The Morgan fingerprint density at radius 1 is 1.50 bits per heavy atom. The van der Waals surface area contributed by atoms with E-state index in [-0.39, 0.29) is 5.57 Å². The third kappa shape index (κ3) is 3.66. The Balaban J connectivity index is 3.12. The SMILES string of the molecule is CCOc1c(Br)cc(Cl)cc1NC=C(C#N)C#N. The van der Waals surface area contributed by atoms with Gasteiger partial charge in [0.25, 0.3) is 0 Å². The van der Waals surface area contributed by atoms with Crippen molar-refractivity contribution < 1.29 is 4.74 Å². The fraction of sp³-hybridized carbons (Fsp3) is 0.167. The van der Waals surface area contributed by atoms with E-state index in [2.05, 4.69) is 21.2 Å². The van der Waals surface area contributed by atoms with Gasteiger partial charge >= 0.3 is 0 Å². The van der Waals surface area contributed by atoms with Gasteiger partial charge in [-0.3, -0.25) is 0 Å². The van der Waals surface area contributed by atoms with Gasteiger partial charge in [-0.25, -0.2) is 0 Å². The minimum absolute atomic E-state index is 0.0338. The average molecular weight is 327 g/mol. The molecule has 0 atom stereocenters. The number of nitrogens with zero attached hydrogens (tertiary/aromatic N) is 2. The Kier molecular flexibility index (Phi) is 5.51. The normalized spacial score (nSPS) is 8.94. The van der Waals surface area contributed by atoms with Crippen molar-refractivity contribution in [2.75, 3.05) is 11.9 Å². The molecular weight excluding hydrogens is 318 g/mol. The smallest absolute Gasteiger partial charge is 0.156 e. The molecule has 0 heterocycles. The lowest BCUT2D eigenvalue weighted by Crippen LogP contribution is -1.98. The van der Waals surface area contributed by atoms with E-state index < -0.39 is 0 Å². The molecule has 18 heavy (non-hydrogen) atoms. The number of halogens is 2. The zero-order chi connectivity index (χ0) is 13.5. The molecule has 0 saturated carbocycles. The predicted octanol–water partition coefficient (Wildman–Crippen LogP) is 3.84. The second-order valence-electron chi connectivity index (χ2n) is 3.12. The molecule has 1 rings (SSSR count). The average Bonchev–Trinajstić information content (AvgIpc) is 2.34. The van der Waals surface area contributed by atoms with Crippen LogP contribution in [0.3, 0.4) is 0 Å². The molecule has 0 saturated heterocycles. The summed E-state index contributed by atoms with van der Waals surface area (Å²) in [6.07, 6.45) is 1.31. The zero-order valence-corrected chi connectivity index (χ0v) is 11.8. The molecule has 0 aromatic heterocycles. The molecule has 0 radical (unpaired) electrons. The lowest BCUT2D eigenvalue weighted by Gasteiger charge is -2.12. The number of hydrogen-bond acceptors (Lipinski definition) is 4. The van der Waals surface area contributed by atoms with Crippen LogP contribution in [0.2, 0.25) is 5.02 Å². The van der Waals surface area contributed by atoms with E-state index in [1.165, 1.54) is 6.20 Å². The topological polar surface area (TPSA) is 68.8 Å². The van der Waals surface area contributed by atoms with Crippen molar-refractivity contribution in [3.05, 3.63) is 33.4 Å². The van der Waals surface area contributed by atoms with Gasteiger partial charge in [0.2, 0.25) is 0 Å². The summed E-state index contributed by atoms with van der Waals surface area (Å²) in [7, 11) is 0. The molecule has 0 bridgehead atoms. The number of hydrogen-bond donors (Lipinski definition) is 1. The summed E-state index contributed by atoms with van der Waals surface area (Å²) < 4.78 is 6.16. The van der Waals surface area contributed by atoms with Gasteiger partial charge < -0.3 is 10.1 Å². The maximum absolute atomic E-state index is 8.64. The first kappa shape index (κ1) is 14.4. The van der Waals surface area contributed by atoms with Crippen molar-refractivity contribution in [1.29, 1.82) is 10.5 Å². The van der Waals surface area contributed by atoms with Crippen molar-refractivity contribution in [1.82, 2.24) is 0 Å². The van der Waals surface area contributed by atoms with E-state index in [0.717, 1.165) is 0 Å². The van der Waals surface area contributed by atoms with Gasteiger partial charge in [-0.05, 0) is 35.0 Å². The standard InChI is InChI=1S/C12H9BrClN3O/c1-2-18-12-10(13)3-9(14)4-11(12)17-7-8(5-15)6-16/h3-4,7,17H,2H2,1H3. The predicted molar refractivity (Wildman–Crippen MR) is 73.3 cm³/mol. The summed E-state index contributed by atoms with van der Waals surface area (Å²) in [5.74, 6) is 0.577. The van der Waals surface area contributed by atoms with Crippen molar-refractivity contribution in [2.45, 2.75) is 6.92 Å². The van der Waals surface area contributed by atoms with Crippen LogP contribution in [-0.2, 0) is 0 Å². The molecule has 6 heteroatoms. The highest BCUT2D eigenvalue weighted by Gasteiger charge is 2.09. The summed E-state index contributed by atoms with van der Waals surface area (Å²) >= 11 is 9.27. The van der Waals surface area contributed by atoms with E-state index in [1.54, 1.807) is 24.3 Å². The number of anilines is 1. The van der Waals surface area contributed by atoms with E-state index in [9.17, 15) is 0 Å². The number of rotatable bonds is 4. The minimum atomic E-state index is -0.0338. The molecule has 1 aromatic rings. The molecule has 0 unspecified atom stereocenters. The van der Waals surface area contributed by atoms with Crippen LogP contribution in [0.15, 0.2) is 28.4 Å². The molecule has 4 nitrogen and oxygen atoms in total. The molecule has 0 aliphatic carbocycles. The van der Waals surface area contributed by atoms with Crippen LogP contribution in [-0.4, -0.2) is 6.61 Å². The molecule has 0 fully saturated rings. The number of allylic oxidation sites excluding steroid dienone is 1. The van der Waals surface area contributed by atoms with Gasteiger partial charge in [0.05, 0.1) is 16.8 Å². The van der Waals surface area contributed by atoms with Crippen LogP contribution in [0.25, 0.3) is 0 Å². The summed E-state index contributed by atoms with van der Waals surface area (Å²) in [5.41, 5.74) is 0.549. The molecule has 0 spiro atoms. The first-order chi connectivity index (χ1) is 8.62. The minimum Gasteiger partial charge on any atom is -0.491 e. The fourth-order valence-electron chi connectivity index (χ4n) is 1.20. The van der Waals surface area contributed by atoms with Gasteiger partial charge in [-0.1, -0.05) is 11.6 Å². The maximum Gasteiger partial charge on any atom is 0.156 e. The molecule has 1 N–H and O–H groups in total.